The molecular formula is C32H36N10O2S2. The molecule has 1 N–H and O–H groups in total. The molecule has 12 nitrogen and oxygen atoms in total. The largest absolute Gasteiger partial charge is 0.369 e. The maximum atomic E-state index is 14.4. The molecule has 46 heavy (non-hydrogen) atoms. The van der Waals surface area contributed by atoms with E-state index in [1.165, 1.54) is 17.0 Å². The highest BCUT2D eigenvalue weighted by Gasteiger charge is 2.27. The van der Waals surface area contributed by atoms with Crippen LogP contribution in [0.5, 0.6) is 0 Å². The minimum absolute atomic E-state index is 0.108. The van der Waals surface area contributed by atoms with Crippen molar-refractivity contribution in [1.82, 2.24) is 38.9 Å². The Balaban J connectivity index is 1.25. The molecule has 0 spiro atoms. The molecule has 1 atom stereocenters. The van der Waals surface area contributed by atoms with Crippen LogP contribution in [-0.4, -0.2) is 95.7 Å². The quantitative estimate of drug-likeness (QED) is 0.274. The number of piperidine rings is 1. The van der Waals surface area contributed by atoms with E-state index in [1.54, 1.807) is 24.8 Å². The van der Waals surface area contributed by atoms with Crippen LogP contribution in [0.1, 0.15) is 23.8 Å². The van der Waals surface area contributed by atoms with Crippen LogP contribution >= 0.6 is 11.3 Å². The van der Waals surface area contributed by atoms with Gasteiger partial charge in [-0.2, -0.15) is 15.2 Å². The lowest BCUT2D eigenvalue weighted by atomic mass is 10.0. The van der Waals surface area contributed by atoms with Crippen LogP contribution in [0.3, 0.4) is 0 Å². The topological polar surface area (TPSA) is 125 Å². The predicted octanol–water partition coefficient (Wildman–Crippen LogP) is 4.11. The number of hydrogen-bond donors (Lipinski definition) is 1. The van der Waals surface area contributed by atoms with E-state index in [9.17, 15) is 9.00 Å². The highest BCUT2D eigenvalue weighted by molar-refractivity contribution is 7.81. The van der Waals surface area contributed by atoms with Crippen LogP contribution in [0.2, 0.25) is 0 Å². The van der Waals surface area contributed by atoms with Crippen molar-refractivity contribution in [3.05, 3.63) is 70.2 Å². The molecule has 4 aromatic heterocycles. The third-order valence-corrected chi connectivity index (χ3v) is 10.9. The number of nitrogens with zero attached hydrogens (tertiary/aromatic N) is 9. The number of anilines is 3. The molecule has 0 bridgehead atoms. The van der Waals surface area contributed by atoms with Crippen molar-refractivity contribution in [2.24, 2.45) is 0 Å². The molecule has 2 aliphatic heterocycles. The molecule has 1 aromatic carbocycles. The van der Waals surface area contributed by atoms with E-state index in [1.807, 2.05) is 40.1 Å². The van der Waals surface area contributed by atoms with E-state index < -0.39 is 11.0 Å². The van der Waals surface area contributed by atoms with Gasteiger partial charge in [0.05, 0.1) is 34.6 Å². The Morgan fingerprint density at radius 3 is 2.41 bits per heavy atom. The summed E-state index contributed by atoms with van der Waals surface area (Å²) < 4.78 is 15.9. The van der Waals surface area contributed by atoms with Crippen LogP contribution in [0, 0.1) is 6.92 Å². The Bertz CT molecular complexity index is 1930. The number of pyridine rings is 1. The molecule has 2 fully saturated rings. The molecule has 5 aromatic rings. The number of fused-ring (bicyclic) bond motifs is 1. The average Bonchev–Trinajstić information content (AvgIpc) is 3.47. The molecule has 0 radical (unpaired) electrons. The predicted molar refractivity (Wildman–Crippen MR) is 184 cm³/mol. The van der Waals surface area contributed by atoms with Gasteiger partial charge in [0, 0.05) is 85.0 Å². The van der Waals surface area contributed by atoms with Gasteiger partial charge < -0.3 is 15.1 Å². The summed E-state index contributed by atoms with van der Waals surface area (Å²) in [5, 5.41) is 12.7. The fraction of sp³-hybridized carbons (Fsp3) is 0.375. The molecular weight excluding hydrogens is 621 g/mol. The number of aryl methyl sites for hydroxylation is 1. The maximum absolute atomic E-state index is 14.4. The lowest BCUT2D eigenvalue weighted by Gasteiger charge is -2.34. The normalized spacial score (nSPS) is 17.4. The lowest BCUT2D eigenvalue weighted by molar-refractivity contribution is 0.284. The summed E-state index contributed by atoms with van der Waals surface area (Å²) in [6.45, 7) is 7.36. The van der Waals surface area contributed by atoms with Gasteiger partial charge in [-0.1, -0.05) is 0 Å². The zero-order valence-corrected chi connectivity index (χ0v) is 27.7. The Morgan fingerprint density at radius 1 is 0.957 bits per heavy atom. The Labute approximate surface area is 273 Å². The number of hydrogen-bond acceptors (Lipinski definition) is 11. The second-order valence-electron chi connectivity index (χ2n) is 11.8. The molecule has 0 amide bonds. The maximum Gasteiger partial charge on any atom is 0.261 e. The van der Waals surface area contributed by atoms with Gasteiger partial charge in [-0.3, -0.25) is 9.36 Å². The van der Waals surface area contributed by atoms with Gasteiger partial charge in [-0.25, -0.2) is 18.5 Å². The third kappa shape index (κ3) is 6.17. The highest BCUT2D eigenvalue weighted by Crippen LogP contribution is 2.34. The number of piperazine rings is 1. The second-order valence-corrected chi connectivity index (χ2v) is 14.4. The number of rotatable bonds is 7. The fourth-order valence-electron chi connectivity index (χ4n) is 6.18. The zero-order valence-electron chi connectivity index (χ0n) is 26.1. The van der Waals surface area contributed by atoms with Crippen molar-refractivity contribution in [1.29, 1.82) is 0 Å². The van der Waals surface area contributed by atoms with Crippen molar-refractivity contribution < 1.29 is 4.21 Å². The van der Waals surface area contributed by atoms with Gasteiger partial charge >= 0.3 is 0 Å². The number of benzene rings is 1. The van der Waals surface area contributed by atoms with Crippen LogP contribution < -0.4 is 15.8 Å². The summed E-state index contributed by atoms with van der Waals surface area (Å²) in [6, 6.07) is 11.9. The Hall–Kier alpha value is -4.11. The smallest absolute Gasteiger partial charge is 0.261 e. The average molecular weight is 657 g/mol. The first kappa shape index (κ1) is 30.5. The SMILES string of the molecule is Cc1sc(-c2ccnnc2)nc1-c1cc2cnc(Nc3ccc(N4CCN(C)CC4)cc3)nc2n(C2CCN(S(C)=O)CC2)c1=O. The summed E-state index contributed by atoms with van der Waals surface area (Å²) >= 11 is 1.52. The van der Waals surface area contributed by atoms with E-state index in [0.717, 1.165) is 52.7 Å². The minimum Gasteiger partial charge on any atom is -0.369 e. The molecule has 2 aliphatic rings. The number of nitrogens with one attached hydrogen (secondary N) is 1. The number of thiazole rings is 1. The monoisotopic (exact) mass is 656 g/mol. The first-order valence-electron chi connectivity index (χ1n) is 15.4. The Kier molecular flexibility index (Phi) is 8.60. The van der Waals surface area contributed by atoms with Crippen LogP contribution in [-0.2, 0) is 11.0 Å². The molecule has 14 heteroatoms. The first-order chi connectivity index (χ1) is 22.3. The fourth-order valence-corrected chi connectivity index (χ4v) is 7.83. The zero-order chi connectivity index (χ0) is 31.8. The van der Waals surface area contributed by atoms with Crippen molar-refractivity contribution in [2.45, 2.75) is 25.8 Å². The van der Waals surface area contributed by atoms with E-state index in [2.05, 4.69) is 49.5 Å². The van der Waals surface area contributed by atoms with E-state index >= 15 is 0 Å². The number of aromatic nitrogens is 6. The summed E-state index contributed by atoms with van der Waals surface area (Å²) in [5.41, 5.74) is 4.51. The highest BCUT2D eigenvalue weighted by atomic mass is 32.2. The first-order valence-corrected chi connectivity index (χ1v) is 17.7. The van der Waals surface area contributed by atoms with E-state index in [4.69, 9.17) is 9.97 Å². The summed E-state index contributed by atoms with van der Waals surface area (Å²) in [6.07, 6.45) is 8.15. The van der Waals surface area contributed by atoms with Gasteiger partial charge in [0.25, 0.3) is 5.56 Å². The van der Waals surface area contributed by atoms with Crippen LogP contribution in [0.4, 0.5) is 17.3 Å². The van der Waals surface area contributed by atoms with Gasteiger partial charge in [-0.15, -0.1) is 11.3 Å². The standard InChI is InChI=1S/C32H36N10O2S2/c1-21-28(37-30(45-21)22-8-11-34-35-20-22)27-18-23-19-33-32(36-24-4-6-25(7-5-24)40-16-14-39(2)15-17-40)38-29(23)42(31(27)43)26-9-12-41(13-10-26)46(3)44/h4-8,11,18-20,26H,9-10,12-17H2,1-3H3,(H,33,36,38). The molecule has 0 aliphatic carbocycles. The van der Waals surface area contributed by atoms with Gasteiger partial charge in [0.1, 0.15) is 10.7 Å². The van der Waals surface area contributed by atoms with Crippen LogP contribution in [0.15, 0.2) is 59.8 Å². The minimum atomic E-state index is -1.05. The van der Waals surface area contributed by atoms with Crippen molar-refractivity contribution in [3.63, 3.8) is 0 Å². The summed E-state index contributed by atoms with van der Waals surface area (Å²) in [4.78, 5) is 34.5. The Morgan fingerprint density at radius 2 is 1.72 bits per heavy atom. The van der Waals surface area contributed by atoms with Crippen molar-refractivity contribution in [3.8, 4) is 21.8 Å². The van der Waals surface area contributed by atoms with Crippen molar-refractivity contribution in [2.75, 3.05) is 62.8 Å². The van der Waals surface area contributed by atoms with Crippen molar-refractivity contribution >= 4 is 50.7 Å². The summed E-state index contributed by atoms with van der Waals surface area (Å²) in [5.74, 6) is 0.421. The second kappa shape index (κ2) is 12.9. The summed E-state index contributed by atoms with van der Waals surface area (Å²) in [7, 11) is 1.10. The molecule has 2 saturated heterocycles. The van der Waals surface area contributed by atoms with Crippen LogP contribution in [0.25, 0.3) is 32.9 Å². The molecule has 6 heterocycles. The van der Waals surface area contributed by atoms with Gasteiger partial charge in [0.2, 0.25) is 5.95 Å². The molecule has 238 valence electrons. The molecule has 1 unspecified atom stereocenters. The molecule has 7 rings (SSSR count). The third-order valence-electron chi connectivity index (χ3n) is 8.80. The lowest BCUT2D eigenvalue weighted by Crippen LogP contribution is -2.44. The number of likely N-dealkylation sites (N-methyl/N-ethyl adjacent to an activating group) is 1. The van der Waals surface area contributed by atoms with E-state index in [-0.39, 0.29) is 11.6 Å². The molecule has 0 saturated carbocycles. The van der Waals surface area contributed by atoms with Gasteiger partial charge in [-0.05, 0) is 63.2 Å². The van der Waals surface area contributed by atoms with E-state index in [0.29, 0.717) is 48.8 Å². The van der Waals surface area contributed by atoms with Gasteiger partial charge in [0.15, 0.2) is 0 Å².